The minimum absolute atomic E-state index is 0.0252. The molecule has 0 atom stereocenters. The van der Waals surface area contributed by atoms with Crippen molar-refractivity contribution in [2.24, 2.45) is 0 Å². The molecule has 92 valence electrons. The van der Waals surface area contributed by atoms with Crippen LogP contribution in [0.2, 0.25) is 0 Å². The molecule has 1 aromatic carbocycles. The Morgan fingerprint density at radius 2 is 2.00 bits per heavy atom. The van der Waals surface area contributed by atoms with Gasteiger partial charge < -0.3 is 14.4 Å². The fourth-order valence-electron chi connectivity index (χ4n) is 2.79. The second kappa shape index (κ2) is 4.22. The number of likely N-dealkylation sites (N-methyl/N-ethyl adjacent to an activating group) is 1. The molecule has 1 spiro atoms. The molecule has 1 saturated heterocycles. The number of nitrogens with zero attached hydrogens (tertiary/aromatic N) is 1. The summed E-state index contributed by atoms with van der Waals surface area (Å²) in [4.78, 5) is 2.42. The van der Waals surface area contributed by atoms with Gasteiger partial charge in [-0.1, -0.05) is 12.1 Å². The standard InChI is InChI=1S/C14H19NO2/c1-2-15-11-14(7-9-16-10-8-14)17-13-6-4-3-5-12(13)15/h3-6H,2,7-11H2,1H3. The maximum Gasteiger partial charge on any atom is 0.143 e. The summed E-state index contributed by atoms with van der Waals surface area (Å²) in [7, 11) is 0. The Bertz CT molecular complexity index is 399. The minimum atomic E-state index is -0.0252. The lowest BCUT2D eigenvalue weighted by atomic mass is 9.91. The van der Waals surface area contributed by atoms with E-state index in [9.17, 15) is 0 Å². The summed E-state index contributed by atoms with van der Waals surface area (Å²) in [6, 6.07) is 8.34. The van der Waals surface area contributed by atoms with Crippen LogP contribution in [0.5, 0.6) is 5.75 Å². The molecule has 3 rings (SSSR count). The minimum Gasteiger partial charge on any atom is -0.483 e. The number of rotatable bonds is 1. The van der Waals surface area contributed by atoms with Crippen LogP contribution in [-0.2, 0) is 4.74 Å². The van der Waals surface area contributed by atoms with Gasteiger partial charge in [0, 0.05) is 19.4 Å². The Morgan fingerprint density at radius 3 is 2.76 bits per heavy atom. The van der Waals surface area contributed by atoms with Gasteiger partial charge in [0.2, 0.25) is 0 Å². The predicted octanol–water partition coefficient (Wildman–Crippen LogP) is 2.45. The molecule has 0 aromatic heterocycles. The zero-order chi connectivity index (χ0) is 11.7. The van der Waals surface area contributed by atoms with E-state index in [1.807, 2.05) is 6.07 Å². The highest BCUT2D eigenvalue weighted by atomic mass is 16.5. The van der Waals surface area contributed by atoms with Gasteiger partial charge >= 0.3 is 0 Å². The number of ether oxygens (including phenoxy) is 2. The summed E-state index contributed by atoms with van der Waals surface area (Å²) < 4.78 is 11.7. The molecule has 0 bridgehead atoms. The average Bonchev–Trinajstić information content (AvgIpc) is 2.38. The lowest BCUT2D eigenvalue weighted by Gasteiger charge is -2.46. The Morgan fingerprint density at radius 1 is 1.24 bits per heavy atom. The molecule has 0 aliphatic carbocycles. The summed E-state index contributed by atoms with van der Waals surface area (Å²) in [5.41, 5.74) is 1.20. The lowest BCUT2D eigenvalue weighted by molar-refractivity contribution is -0.0453. The molecule has 2 heterocycles. The number of hydrogen-bond donors (Lipinski definition) is 0. The summed E-state index contributed by atoms with van der Waals surface area (Å²) >= 11 is 0. The number of anilines is 1. The zero-order valence-corrected chi connectivity index (χ0v) is 10.3. The van der Waals surface area contributed by atoms with Gasteiger partial charge in [0.05, 0.1) is 25.4 Å². The van der Waals surface area contributed by atoms with Crippen LogP contribution < -0.4 is 9.64 Å². The molecule has 0 N–H and O–H groups in total. The molecule has 0 amide bonds. The van der Waals surface area contributed by atoms with Crippen LogP contribution in [0.15, 0.2) is 24.3 Å². The maximum atomic E-state index is 6.27. The van der Waals surface area contributed by atoms with Crippen molar-refractivity contribution < 1.29 is 9.47 Å². The molecule has 2 aliphatic heterocycles. The van der Waals surface area contributed by atoms with E-state index in [-0.39, 0.29) is 5.60 Å². The Hall–Kier alpha value is -1.22. The smallest absolute Gasteiger partial charge is 0.143 e. The van der Waals surface area contributed by atoms with Crippen molar-refractivity contribution in [3.63, 3.8) is 0 Å². The number of para-hydroxylation sites is 2. The van der Waals surface area contributed by atoms with Gasteiger partial charge in [-0.3, -0.25) is 0 Å². The van der Waals surface area contributed by atoms with E-state index in [1.165, 1.54) is 5.69 Å². The van der Waals surface area contributed by atoms with Crippen LogP contribution in [-0.4, -0.2) is 31.9 Å². The summed E-state index contributed by atoms with van der Waals surface area (Å²) in [6.07, 6.45) is 2.00. The molecule has 1 aromatic rings. The number of benzene rings is 1. The monoisotopic (exact) mass is 233 g/mol. The fraction of sp³-hybridized carbons (Fsp3) is 0.571. The van der Waals surface area contributed by atoms with Crippen LogP contribution in [0.3, 0.4) is 0 Å². The van der Waals surface area contributed by atoms with Gasteiger partial charge in [-0.15, -0.1) is 0 Å². The van der Waals surface area contributed by atoms with Crippen molar-refractivity contribution >= 4 is 5.69 Å². The van der Waals surface area contributed by atoms with Crippen molar-refractivity contribution in [2.75, 3.05) is 31.2 Å². The van der Waals surface area contributed by atoms with Gasteiger partial charge in [0.1, 0.15) is 11.4 Å². The highest BCUT2D eigenvalue weighted by molar-refractivity contribution is 5.60. The van der Waals surface area contributed by atoms with E-state index in [2.05, 4.69) is 30.0 Å². The highest BCUT2D eigenvalue weighted by Gasteiger charge is 2.40. The van der Waals surface area contributed by atoms with Gasteiger partial charge in [0.15, 0.2) is 0 Å². The van der Waals surface area contributed by atoms with Crippen LogP contribution in [0.4, 0.5) is 5.69 Å². The second-order valence-electron chi connectivity index (χ2n) is 4.88. The lowest BCUT2D eigenvalue weighted by Crippen LogP contribution is -2.53. The Kier molecular flexibility index (Phi) is 2.71. The average molecular weight is 233 g/mol. The SMILES string of the molecule is CCN1CC2(CCOCC2)Oc2ccccc21. The molecule has 1 fully saturated rings. The highest BCUT2D eigenvalue weighted by Crippen LogP contribution is 2.40. The first-order chi connectivity index (χ1) is 8.33. The topological polar surface area (TPSA) is 21.7 Å². The zero-order valence-electron chi connectivity index (χ0n) is 10.3. The number of fused-ring (bicyclic) bond motifs is 1. The van der Waals surface area contributed by atoms with Gasteiger partial charge in [-0.2, -0.15) is 0 Å². The van der Waals surface area contributed by atoms with Gasteiger partial charge in [-0.05, 0) is 19.1 Å². The summed E-state index contributed by atoms with van der Waals surface area (Å²) in [5.74, 6) is 1.03. The molecule has 2 aliphatic rings. The molecule has 17 heavy (non-hydrogen) atoms. The molecule has 3 nitrogen and oxygen atoms in total. The molecular formula is C14H19NO2. The maximum absolute atomic E-state index is 6.27. The normalized spacial score (nSPS) is 22.1. The Balaban J connectivity index is 1.94. The molecule has 0 saturated carbocycles. The fourth-order valence-corrected chi connectivity index (χ4v) is 2.79. The van der Waals surface area contributed by atoms with E-state index in [0.717, 1.165) is 44.9 Å². The van der Waals surface area contributed by atoms with E-state index < -0.39 is 0 Å². The largest absolute Gasteiger partial charge is 0.483 e. The predicted molar refractivity (Wildman–Crippen MR) is 67.7 cm³/mol. The molecular weight excluding hydrogens is 214 g/mol. The third-order valence-electron chi connectivity index (χ3n) is 3.80. The van der Waals surface area contributed by atoms with Crippen LogP contribution in [0.25, 0.3) is 0 Å². The molecule has 0 radical (unpaired) electrons. The van der Waals surface area contributed by atoms with Crippen molar-refractivity contribution in [1.29, 1.82) is 0 Å². The first-order valence-electron chi connectivity index (χ1n) is 6.44. The van der Waals surface area contributed by atoms with Crippen molar-refractivity contribution in [3.8, 4) is 5.75 Å². The summed E-state index contributed by atoms with van der Waals surface area (Å²) in [5, 5.41) is 0. The molecule has 3 heteroatoms. The third kappa shape index (κ3) is 1.89. The quantitative estimate of drug-likeness (QED) is 0.743. The first-order valence-corrected chi connectivity index (χ1v) is 6.44. The molecule has 0 unspecified atom stereocenters. The Labute approximate surface area is 102 Å². The van der Waals surface area contributed by atoms with E-state index >= 15 is 0 Å². The van der Waals surface area contributed by atoms with Crippen molar-refractivity contribution in [3.05, 3.63) is 24.3 Å². The van der Waals surface area contributed by atoms with Crippen LogP contribution in [0.1, 0.15) is 19.8 Å². The summed E-state index contributed by atoms with van der Waals surface area (Å²) in [6.45, 7) is 5.86. The van der Waals surface area contributed by atoms with Crippen molar-refractivity contribution in [1.82, 2.24) is 0 Å². The first kappa shape index (κ1) is 10.9. The van der Waals surface area contributed by atoms with Gasteiger partial charge in [-0.25, -0.2) is 0 Å². The van der Waals surface area contributed by atoms with Crippen molar-refractivity contribution in [2.45, 2.75) is 25.4 Å². The number of hydrogen-bond acceptors (Lipinski definition) is 3. The van der Waals surface area contributed by atoms with Crippen LogP contribution >= 0.6 is 0 Å². The van der Waals surface area contributed by atoms with Gasteiger partial charge in [0.25, 0.3) is 0 Å². The third-order valence-corrected chi connectivity index (χ3v) is 3.80. The van der Waals surface area contributed by atoms with Crippen LogP contribution in [0, 0.1) is 0 Å². The van der Waals surface area contributed by atoms with E-state index in [4.69, 9.17) is 9.47 Å². The second-order valence-corrected chi connectivity index (χ2v) is 4.88. The van der Waals surface area contributed by atoms with E-state index in [0.29, 0.717) is 0 Å². The van der Waals surface area contributed by atoms with E-state index in [1.54, 1.807) is 0 Å².